The van der Waals surface area contributed by atoms with Gasteiger partial charge in [0, 0.05) is 30.7 Å². The number of hydrogen-bond acceptors (Lipinski definition) is 6. The van der Waals surface area contributed by atoms with Crippen molar-refractivity contribution >= 4 is 28.5 Å². The molecule has 1 aliphatic rings. The average molecular weight is 410 g/mol. The van der Waals surface area contributed by atoms with Crippen LogP contribution in [0.15, 0.2) is 27.8 Å². The molecule has 0 amide bonds. The fraction of sp³-hybridized carbons (Fsp3) is 0.333. The van der Waals surface area contributed by atoms with Crippen molar-refractivity contribution in [2.75, 3.05) is 12.3 Å². The van der Waals surface area contributed by atoms with Gasteiger partial charge in [0.2, 0.25) is 5.78 Å². The van der Waals surface area contributed by atoms with Gasteiger partial charge in [0.25, 0.3) is 5.56 Å². The minimum absolute atomic E-state index is 0.260. The Hall–Kier alpha value is -3.62. The van der Waals surface area contributed by atoms with Gasteiger partial charge in [0.1, 0.15) is 11.4 Å². The lowest BCUT2D eigenvalue weighted by Crippen LogP contribution is -2.42. The number of rotatable bonds is 4. The van der Waals surface area contributed by atoms with E-state index in [0.29, 0.717) is 5.56 Å². The summed E-state index contributed by atoms with van der Waals surface area (Å²) in [6.45, 7) is -0.653. The van der Waals surface area contributed by atoms with Gasteiger partial charge in [0.05, 0.1) is 5.56 Å². The number of nitrogens with one attached hydrogen (secondary N) is 1. The van der Waals surface area contributed by atoms with Gasteiger partial charge in [-0.05, 0) is 49.4 Å². The molecular weight excluding hydrogens is 388 g/mol. The summed E-state index contributed by atoms with van der Waals surface area (Å²) in [5, 5.41) is 0.988. The number of ketones is 1. The third-order valence-corrected chi connectivity index (χ3v) is 5.66. The zero-order valence-electron chi connectivity index (χ0n) is 16.8. The van der Waals surface area contributed by atoms with Crippen LogP contribution in [0, 0.1) is 0 Å². The Morgan fingerprint density at radius 2 is 1.87 bits per heavy atom. The molecule has 1 aliphatic carbocycles. The van der Waals surface area contributed by atoms with Gasteiger partial charge in [-0.25, -0.2) is 9.59 Å². The average Bonchev–Trinajstić information content (AvgIpc) is 3.12. The van der Waals surface area contributed by atoms with Gasteiger partial charge in [-0.3, -0.25) is 18.7 Å². The number of aromatic nitrogens is 3. The minimum Gasteiger partial charge on any atom is -0.454 e. The Kier molecular flexibility index (Phi) is 4.81. The number of Topliss-reactive ketones (excluding diaryl/α,β-unsaturated/α-hetero) is 1. The van der Waals surface area contributed by atoms with Crippen LogP contribution >= 0.6 is 0 Å². The molecule has 1 aromatic carbocycles. The second kappa shape index (κ2) is 7.33. The number of nitrogens with two attached hydrogens (primary N) is 1. The van der Waals surface area contributed by atoms with Gasteiger partial charge < -0.3 is 15.5 Å². The highest BCUT2D eigenvalue weighted by Gasteiger charge is 2.22. The first kappa shape index (κ1) is 19.7. The lowest BCUT2D eigenvalue weighted by molar-refractivity contribution is 0.0474. The first-order chi connectivity index (χ1) is 14.3. The molecule has 9 nitrogen and oxygen atoms in total. The second-order valence-electron chi connectivity index (χ2n) is 7.51. The third-order valence-electron chi connectivity index (χ3n) is 5.66. The Morgan fingerprint density at radius 3 is 2.63 bits per heavy atom. The largest absolute Gasteiger partial charge is 0.454 e. The van der Waals surface area contributed by atoms with Crippen LogP contribution in [0.25, 0.3) is 10.9 Å². The second-order valence-corrected chi connectivity index (χ2v) is 7.51. The maximum absolute atomic E-state index is 12.5. The van der Waals surface area contributed by atoms with Crippen LogP contribution in [0.1, 0.15) is 44.8 Å². The zero-order valence-corrected chi connectivity index (χ0v) is 16.8. The Labute approximate surface area is 171 Å². The highest BCUT2D eigenvalue weighted by Crippen LogP contribution is 2.29. The first-order valence-corrected chi connectivity index (χ1v) is 9.69. The highest BCUT2D eigenvalue weighted by molar-refractivity contribution is 6.02. The van der Waals surface area contributed by atoms with Gasteiger partial charge >= 0.3 is 11.7 Å². The summed E-state index contributed by atoms with van der Waals surface area (Å²) < 4.78 is 6.93. The summed E-state index contributed by atoms with van der Waals surface area (Å²) in [5.41, 5.74) is 7.66. The predicted molar refractivity (Wildman–Crippen MR) is 111 cm³/mol. The number of benzene rings is 1. The van der Waals surface area contributed by atoms with E-state index in [4.69, 9.17) is 10.5 Å². The van der Waals surface area contributed by atoms with Crippen LogP contribution in [-0.2, 0) is 31.7 Å². The summed E-state index contributed by atoms with van der Waals surface area (Å²) in [7, 11) is 2.60. The molecule has 30 heavy (non-hydrogen) atoms. The van der Waals surface area contributed by atoms with Crippen LogP contribution in [0.3, 0.4) is 0 Å². The predicted octanol–water partition coefficient (Wildman–Crippen LogP) is 1.07. The Balaban J connectivity index is 1.56. The summed E-state index contributed by atoms with van der Waals surface area (Å²) in [6, 6.07) is 5.23. The van der Waals surface area contributed by atoms with E-state index >= 15 is 0 Å². The van der Waals surface area contributed by atoms with E-state index in [9.17, 15) is 19.2 Å². The number of esters is 1. The van der Waals surface area contributed by atoms with Gasteiger partial charge in [-0.1, -0.05) is 0 Å². The smallest absolute Gasteiger partial charge is 0.338 e. The number of hydrogen-bond donors (Lipinski definition) is 2. The fourth-order valence-electron chi connectivity index (χ4n) is 3.94. The van der Waals surface area contributed by atoms with Crippen molar-refractivity contribution in [3.05, 3.63) is 61.4 Å². The van der Waals surface area contributed by atoms with Crippen LogP contribution < -0.4 is 17.0 Å². The van der Waals surface area contributed by atoms with Crippen molar-refractivity contribution in [2.45, 2.75) is 25.7 Å². The lowest BCUT2D eigenvalue weighted by Gasteiger charge is -2.11. The minimum atomic E-state index is -0.822. The summed E-state index contributed by atoms with van der Waals surface area (Å²) in [6.07, 6.45) is 4.21. The molecule has 4 rings (SSSR count). The van der Waals surface area contributed by atoms with Gasteiger partial charge in [-0.15, -0.1) is 0 Å². The van der Waals surface area contributed by atoms with E-state index in [1.165, 1.54) is 25.4 Å². The molecule has 0 saturated heterocycles. The highest BCUT2D eigenvalue weighted by atomic mass is 16.5. The van der Waals surface area contributed by atoms with E-state index in [1.54, 1.807) is 12.1 Å². The number of aromatic amines is 1. The molecule has 9 heteroatoms. The molecule has 0 unspecified atom stereocenters. The van der Waals surface area contributed by atoms with Crippen LogP contribution in [0.2, 0.25) is 0 Å². The van der Waals surface area contributed by atoms with Crippen LogP contribution in [0.4, 0.5) is 5.82 Å². The molecule has 3 N–H and O–H groups in total. The molecule has 0 fully saturated rings. The standard InChI is InChI=1S/C21H22N4O5/c1-24-18(22)17(19(27)25(2)21(24)29)16(26)10-30-20(28)11-7-8-15-13(9-11)12-5-3-4-6-14(12)23-15/h7-9,23H,3-6,10,22H2,1-2H3. The fourth-order valence-corrected chi connectivity index (χ4v) is 3.94. The molecular formula is C21H22N4O5. The Bertz CT molecular complexity index is 1310. The van der Waals surface area contributed by atoms with E-state index in [1.807, 2.05) is 6.07 Å². The molecule has 0 atom stereocenters. The lowest BCUT2D eigenvalue weighted by atomic mass is 9.95. The van der Waals surface area contributed by atoms with E-state index in [2.05, 4.69) is 4.98 Å². The number of carbonyl (C=O) groups excluding carboxylic acids is 2. The van der Waals surface area contributed by atoms with Crippen molar-refractivity contribution in [3.8, 4) is 0 Å². The summed E-state index contributed by atoms with van der Waals surface area (Å²) >= 11 is 0. The normalized spacial score (nSPS) is 13.3. The van der Waals surface area contributed by atoms with Crippen molar-refractivity contribution in [2.24, 2.45) is 14.1 Å². The topological polar surface area (TPSA) is 129 Å². The van der Waals surface area contributed by atoms with E-state index in [-0.39, 0.29) is 11.4 Å². The van der Waals surface area contributed by atoms with E-state index in [0.717, 1.165) is 45.7 Å². The summed E-state index contributed by atoms with van der Waals surface area (Å²) in [5.74, 6) is -1.70. The molecule has 156 valence electrons. The number of ether oxygens (including phenoxy) is 1. The van der Waals surface area contributed by atoms with Gasteiger partial charge in [0.15, 0.2) is 6.61 Å². The molecule has 3 aromatic rings. The quantitative estimate of drug-likeness (QED) is 0.489. The molecule has 0 aliphatic heterocycles. The molecule has 0 saturated carbocycles. The zero-order chi connectivity index (χ0) is 21.6. The van der Waals surface area contributed by atoms with Crippen molar-refractivity contribution in [3.63, 3.8) is 0 Å². The van der Waals surface area contributed by atoms with Crippen molar-refractivity contribution < 1.29 is 14.3 Å². The number of fused-ring (bicyclic) bond motifs is 3. The van der Waals surface area contributed by atoms with Gasteiger partial charge in [-0.2, -0.15) is 0 Å². The maximum atomic E-state index is 12.5. The third kappa shape index (κ3) is 3.12. The SMILES string of the molecule is Cn1c(N)c(C(=O)COC(=O)c2ccc3[nH]c4c(c3c2)CCCC4)c(=O)n(C)c1=O. The van der Waals surface area contributed by atoms with Crippen LogP contribution in [0.5, 0.6) is 0 Å². The summed E-state index contributed by atoms with van der Waals surface area (Å²) in [4.78, 5) is 52.6. The van der Waals surface area contributed by atoms with E-state index < -0.39 is 29.6 Å². The monoisotopic (exact) mass is 410 g/mol. The number of nitrogens with zero attached hydrogens (tertiary/aromatic N) is 2. The molecule has 0 bridgehead atoms. The number of aryl methyl sites for hydroxylation is 2. The van der Waals surface area contributed by atoms with Crippen molar-refractivity contribution in [1.82, 2.24) is 14.1 Å². The van der Waals surface area contributed by atoms with Crippen molar-refractivity contribution in [1.29, 1.82) is 0 Å². The molecule has 2 heterocycles. The number of carbonyl (C=O) groups is 2. The molecule has 0 radical (unpaired) electrons. The number of H-pyrrole nitrogens is 1. The number of anilines is 1. The maximum Gasteiger partial charge on any atom is 0.338 e. The molecule has 0 spiro atoms. The molecule has 2 aromatic heterocycles. The Morgan fingerprint density at radius 1 is 1.13 bits per heavy atom. The first-order valence-electron chi connectivity index (χ1n) is 9.69. The number of nitrogen functional groups attached to an aromatic ring is 1. The van der Waals surface area contributed by atoms with Crippen LogP contribution in [-0.4, -0.2) is 32.5 Å².